The maximum atomic E-state index is 12.7. The number of oxazole rings is 1. The molecule has 0 aliphatic rings. The number of rotatable bonds is 7. The fraction of sp³-hybridized carbons (Fsp3) is 0.211. The molecule has 0 saturated carbocycles. The van der Waals surface area contributed by atoms with E-state index in [0.29, 0.717) is 22.7 Å². The van der Waals surface area contributed by atoms with Crippen molar-refractivity contribution in [3.63, 3.8) is 0 Å². The first-order valence-electron chi connectivity index (χ1n) is 8.27. The summed E-state index contributed by atoms with van der Waals surface area (Å²) in [5.74, 6) is 0.142. The van der Waals surface area contributed by atoms with E-state index in [1.165, 1.54) is 26.4 Å². The Morgan fingerprint density at radius 1 is 1.14 bits per heavy atom. The molecule has 1 aromatic heterocycles. The quantitative estimate of drug-likeness (QED) is 0.639. The van der Waals surface area contributed by atoms with Gasteiger partial charge in [-0.05, 0) is 30.3 Å². The molecule has 0 atom stereocenters. The van der Waals surface area contributed by atoms with Gasteiger partial charge in [0.1, 0.15) is 5.52 Å². The molecule has 0 fully saturated rings. The molecule has 2 amide bonds. The lowest BCUT2D eigenvalue weighted by atomic mass is 10.1. The number of hydrogen-bond acceptors (Lipinski definition) is 7. The number of aromatic nitrogens is 1. The minimum absolute atomic E-state index is 0.180. The van der Waals surface area contributed by atoms with E-state index in [-0.39, 0.29) is 29.4 Å². The van der Waals surface area contributed by atoms with Gasteiger partial charge in [-0.25, -0.2) is 4.98 Å². The van der Waals surface area contributed by atoms with Crippen molar-refractivity contribution in [1.29, 1.82) is 0 Å². The lowest BCUT2D eigenvalue weighted by Crippen LogP contribution is -2.20. The summed E-state index contributed by atoms with van der Waals surface area (Å²) in [5, 5.41) is 2.79. The zero-order valence-corrected chi connectivity index (χ0v) is 15.6. The number of anilines is 1. The van der Waals surface area contributed by atoms with Crippen molar-refractivity contribution in [3.05, 3.63) is 41.8 Å². The Balaban J connectivity index is 1.88. The van der Waals surface area contributed by atoms with Gasteiger partial charge in [-0.3, -0.25) is 9.59 Å². The molecule has 3 N–H and O–H groups in total. The number of nitrogens with one attached hydrogen (secondary N) is 1. The Kier molecular flexibility index (Phi) is 5.35. The van der Waals surface area contributed by atoms with E-state index in [1.807, 2.05) is 0 Å². The van der Waals surface area contributed by atoms with Crippen molar-refractivity contribution in [2.45, 2.75) is 6.92 Å². The van der Waals surface area contributed by atoms with Gasteiger partial charge in [0.05, 0.1) is 14.2 Å². The smallest absolute Gasteiger partial charge is 0.255 e. The number of hydrogen-bond donors (Lipinski definition) is 2. The Hall–Kier alpha value is -3.75. The minimum Gasteiger partial charge on any atom is -0.493 e. The normalized spacial score (nSPS) is 10.5. The molecule has 0 unspecified atom stereocenters. The van der Waals surface area contributed by atoms with Gasteiger partial charge < -0.3 is 29.7 Å². The summed E-state index contributed by atoms with van der Waals surface area (Å²) >= 11 is 0. The van der Waals surface area contributed by atoms with Gasteiger partial charge in [0.15, 0.2) is 29.6 Å². The Bertz CT molecular complexity index is 1020. The summed E-state index contributed by atoms with van der Waals surface area (Å²) in [7, 11) is 2.82. The number of carbonyl (C=O) groups excluding carboxylic acids is 2. The van der Waals surface area contributed by atoms with Crippen LogP contribution in [0.1, 0.15) is 16.2 Å². The average molecular weight is 385 g/mol. The highest BCUT2D eigenvalue weighted by Crippen LogP contribution is 2.38. The van der Waals surface area contributed by atoms with Crippen molar-refractivity contribution < 1.29 is 28.2 Å². The van der Waals surface area contributed by atoms with E-state index in [1.54, 1.807) is 25.1 Å². The van der Waals surface area contributed by atoms with Crippen LogP contribution in [-0.2, 0) is 4.79 Å². The second kappa shape index (κ2) is 7.87. The van der Waals surface area contributed by atoms with Gasteiger partial charge in [0, 0.05) is 18.2 Å². The molecular weight excluding hydrogens is 366 g/mol. The van der Waals surface area contributed by atoms with Crippen LogP contribution in [0, 0.1) is 6.92 Å². The maximum absolute atomic E-state index is 12.7. The molecule has 146 valence electrons. The molecule has 9 heteroatoms. The maximum Gasteiger partial charge on any atom is 0.255 e. The standard InChI is InChI=1S/C19H19N3O6/c1-10-21-13-8-12(4-5-14(13)28-10)22-19(24)11-6-15(25-2)18(16(7-11)26-3)27-9-17(20)23/h4-8H,9H2,1-3H3,(H2,20,23)(H,22,24). The van der Waals surface area contributed by atoms with Crippen LogP contribution in [0.3, 0.4) is 0 Å². The average Bonchev–Trinajstić information content (AvgIpc) is 3.04. The van der Waals surface area contributed by atoms with Crippen LogP contribution in [0.2, 0.25) is 0 Å². The number of fused-ring (bicyclic) bond motifs is 1. The molecule has 1 heterocycles. The van der Waals surface area contributed by atoms with Crippen LogP contribution in [0.5, 0.6) is 17.2 Å². The van der Waals surface area contributed by atoms with Gasteiger partial charge >= 0.3 is 0 Å². The fourth-order valence-electron chi connectivity index (χ4n) is 2.62. The lowest BCUT2D eigenvalue weighted by molar-refractivity contribution is -0.120. The Morgan fingerprint density at radius 3 is 2.43 bits per heavy atom. The summed E-state index contributed by atoms with van der Waals surface area (Å²) in [4.78, 5) is 27.9. The number of carbonyl (C=O) groups is 2. The lowest BCUT2D eigenvalue weighted by Gasteiger charge is -2.15. The number of nitrogens with two attached hydrogens (primary N) is 1. The molecule has 2 aromatic carbocycles. The third-order valence-corrected chi connectivity index (χ3v) is 3.83. The fourth-order valence-corrected chi connectivity index (χ4v) is 2.62. The predicted molar refractivity (Wildman–Crippen MR) is 101 cm³/mol. The van der Waals surface area contributed by atoms with Crippen molar-refractivity contribution in [3.8, 4) is 17.2 Å². The van der Waals surface area contributed by atoms with Gasteiger partial charge in [0.2, 0.25) is 5.75 Å². The second-order valence-corrected chi connectivity index (χ2v) is 5.83. The largest absolute Gasteiger partial charge is 0.493 e. The Morgan fingerprint density at radius 2 is 1.82 bits per heavy atom. The molecular formula is C19H19N3O6. The van der Waals surface area contributed by atoms with Crippen LogP contribution in [0.15, 0.2) is 34.7 Å². The van der Waals surface area contributed by atoms with Crippen LogP contribution in [0.25, 0.3) is 11.1 Å². The number of primary amides is 1. The second-order valence-electron chi connectivity index (χ2n) is 5.83. The van der Waals surface area contributed by atoms with Crippen molar-refractivity contribution in [2.75, 3.05) is 26.1 Å². The van der Waals surface area contributed by atoms with Crippen molar-refractivity contribution >= 4 is 28.6 Å². The van der Waals surface area contributed by atoms with Crippen LogP contribution in [-0.4, -0.2) is 37.6 Å². The highest BCUT2D eigenvalue weighted by atomic mass is 16.5. The number of benzene rings is 2. The highest BCUT2D eigenvalue weighted by molar-refractivity contribution is 6.05. The monoisotopic (exact) mass is 385 g/mol. The first kappa shape index (κ1) is 19.0. The topological polar surface area (TPSA) is 126 Å². The van der Waals surface area contributed by atoms with E-state index in [0.717, 1.165) is 0 Å². The molecule has 0 radical (unpaired) electrons. The van der Waals surface area contributed by atoms with E-state index in [4.69, 9.17) is 24.4 Å². The number of aryl methyl sites for hydroxylation is 1. The number of amides is 2. The van der Waals surface area contributed by atoms with Crippen LogP contribution in [0.4, 0.5) is 5.69 Å². The zero-order valence-electron chi connectivity index (χ0n) is 15.6. The number of ether oxygens (including phenoxy) is 3. The Labute approximate surface area is 160 Å². The van der Waals surface area contributed by atoms with Gasteiger partial charge in [-0.1, -0.05) is 0 Å². The van der Waals surface area contributed by atoms with Gasteiger partial charge in [-0.2, -0.15) is 0 Å². The molecule has 0 spiro atoms. The first-order chi connectivity index (χ1) is 13.4. The predicted octanol–water partition coefficient (Wildman–Crippen LogP) is 2.27. The zero-order chi connectivity index (χ0) is 20.3. The van der Waals surface area contributed by atoms with Crippen LogP contribution >= 0.6 is 0 Å². The number of nitrogens with zero attached hydrogens (tertiary/aromatic N) is 1. The summed E-state index contributed by atoms with van der Waals surface area (Å²) in [6.45, 7) is 1.40. The van der Waals surface area contributed by atoms with Crippen molar-refractivity contribution in [1.82, 2.24) is 4.98 Å². The molecule has 9 nitrogen and oxygen atoms in total. The third-order valence-electron chi connectivity index (χ3n) is 3.83. The minimum atomic E-state index is -0.649. The molecule has 28 heavy (non-hydrogen) atoms. The van der Waals surface area contributed by atoms with E-state index in [2.05, 4.69) is 10.3 Å². The number of methoxy groups -OCH3 is 2. The summed E-state index contributed by atoms with van der Waals surface area (Å²) in [5.41, 5.74) is 7.21. The highest BCUT2D eigenvalue weighted by Gasteiger charge is 2.19. The summed E-state index contributed by atoms with van der Waals surface area (Å²) < 4.78 is 21.3. The first-order valence-corrected chi connectivity index (χ1v) is 8.27. The van der Waals surface area contributed by atoms with E-state index >= 15 is 0 Å². The summed E-state index contributed by atoms with van der Waals surface area (Å²) in [6, 6.07) is 8.11. The van der Waals surface area contributed by atoms with E-state index in [9.17, 15) is 9.59 Å². The van der Waals surface area contributed by atoms with Crippen LogP contribution < -0.4 is 25.3 Å². The molecule has 3 aromatic rings. The SMILES string of the molecule is COc1cc(C(=O)Nc2ccc3oc(C)nc3c2)cc(OC)c1OCC(N)=O. The molecule has 0 aliphatic heterocycles. The van der Waals surface area contributed by atoms with Gasteiger partial charge in [0.25, 0.3) is 11.8 Å². The molecule has 0 saturated heterocycles. The third kappa shape index (κ3) is 3.98. The molecule has 0 aliphatic carbocycles. The molecule has 3 rings (SSSR count). The van der Waals surface area contributed by atoms with Gasteiger partial charge in [-0.15, -0.1) is 0 Å². The van der Waals surface area contributed by atoms with E-state index < -0.39 is 11.8 Å². The molecule has 0 bridgehead atoms. The van der Waals surface area contributed by atoms with Crippen molar-refractivity contribution in [2.24, 2.45) is 5.73 Å². The summed E-state index contributed by atoms with van der Waals surface area (Å²) in [6.07, 6.45) is 0.